The molecule has 0 atom stereocenters. The summed E-state index contributed by atoms with van der Waals surface area (Å²) in [6.45, 7) is 1.37. The maximum absolute atomic E-state index is 5.32. The molecule has 2 aliphatic rings. The van der Waals surface area contributed by atoms with Gasteiger partial charge in [0.1, 0.15) is 0 Å². The van der Waals surface area contributed by atoms with Crippen LogP contribution in [0, 0.1) is 0 Å². The minimum absolute atomic E-state index is 0.102. The molecule has 17 heavy (non-hydrogen) atoms. The van der Waals surface area contributed by atoms with Crippen LogP contribution in [0.5, 0.6) is 0 Å². The van der Waals surface area contributed by atoms with Gasteiger partial charge in [-0.1, -0.05) is 6.42 Å². The Labute approximate surface area is 101 Å². The average Bonchev–Trinajstić information content (AvgIpc) is 2.35. The van der Waals surface area contributed by atoms with Gasteiger partial charge in [0, 0.05) is 12.8 Å². The smallest absolute Gasteiger partial charge is 0.234 e. The zero-order chi connectivity index (χ0) is 11.8. The van der Waals surface area contributed by atoms with Crippen molar-refractivity contribution in [3.05, 3.63) is 0 Å². The molecule has 0 aromatic carbocycles. The molecule has 1 saturated carbocycles. The third-order valence-corrected chi connectivity index (χ3v) is 2.88. The molecule has 6 nitrogen and oxygen atoms in total. The van der Waals surface area contributed by atoms with Crippen LogP contribution in [-0.2, 0) is 29.0 Å². The van der Waals surface area contributed by atoms with E-state index in [1.807, 2.05) is 0 Å². The summed E-state index contributed by atoms with van der Waals surface area (Å²) >= 11 is 0. The average molecular weight is 248 g/mol. The highest BCUT2D eigenvalue weighted by Gasteiger charge is 2.37. The van der Waals surface area contributed by atoms with E-state index in [0.717, 1.165) is 32.1 Å². The molecule has 1 aliphatic carbocycles. The molecule has 0 bridgehead atoms. The molecule has 0 aromatic heterocycles. The highest BCUT2D eigenvalue weighted by Crippen LogP contribution is 2.33. The predicted molar refractivity (Wildman–Crippen MR) is 56.4 cm³/mol. The lowest BCUT2D eigenvalue weighted by molar-refractivity contribution is -0.534. The van der Waals surface area contributed by atoms with E-state index >= 15 is 0 Å². The SMILES string of the molecule is C1CCC2(CC1)OOCOCCCOCOO2. The Kier molecular flexibility index (Phi) is 5.63. The summed E-state index contributed by atoms with van der Waals surface area (Å²) in [6, 6.07) is 0. The van der Waals surface area contributed by atoms with Crippen molar-refractivity contribution in [2.45, 2.75) is 44.3 Å². The van der Waals surface area contributed by atoms with Gasteiger partial charge in [-0.15, -0.1) is 0 Å². The van der Waals surface area contributed by atoms with Crippen LogP contribution in [-0.4, -0.2) is 32.6 Å². The molecular formula is C11H20O6. The van der Waals surface area contributed by atoms with E-state index in [0.29, 0.717) is 13.2 Å². The van der Waals surface area contributed by atoms with E-state index in [1.54, 1.807) is 0 Å². The third kappa shape index (κ3) is 4.50. The number of ether oxygens (including phenoxy) is 2. The van der Waals surface area contributed by atoms with E-state index < -0.39 is 5.79 Å². The largest absolute Gasteiger partial charge is 0.352 e. The van der Waals surface area contributed by atoms with Crippen LogP contribution in [0.1, 0.15) is 38.5 Å². The van der Waals surface area contributed by atoms with E-state index in [-0.39, 0.29) is 13.6 Å². The molecule has 100 valence electrons. The number of hydrogen-bond donors (Lipinski definition) is 0. The summed E-state index contributed by atoms with van der Waals surface area (Å²) in [5.41, 5.74) is 0. The molecular weight excluding hydrogens is 228 g/mol. The van der Waals surface area contributed by atoms with Crippen molar-refractivity contribution >= 4 is 0 Å². The first-order valence-corrected chi connectivity index (χ1v) is 6.18. The second-order valence-electron chi connectivity index (χ2n) is 4.28. The number of hydrogen-bond acceptors (Lipinski definition) is 6. The summed E-state index contributed by atoms with van der Waals surface area (Å²) in [4.78, 5) is 20.7. The van der Waals surface area contributed by atoms with E-state index in [2.05, 4.69) is 0 Å². The van der Waals surface area contributed by atoms with Crippen molar-refractivity contribution in [1.82, 2.24) is 0 Å². The van der Waals surface area contributed by atoms with Crippen LogP contribution in [0.2, 0.25) is 0 Å². The lowest BCUT2D eigenvalue weighted by Crippen LogP contribution is -2.39. The minimum atomic E-state index is -0.801. The lowest BCUT2D eigenvalue weighted by atomic mass is 9.94. The Morgan fingerprint density at radius 2 is 1.24 bits per heavy atom. The fourth-order valence-corrected chi connectivity index (χ4v) is 1.98. The fourth-order valence-electron chi connectivity index (χ4n) is 1.98. The van der Waals surface area contributed by atoms with Crippen molar-refractivity contribution in [3.8, 4) is 0 Å². The summed E-state index contributed by atoms with van der Waals surface area (Å²) in [5, 5.41) is 0. The van der Waals surface area contributed by atoms with Crippen molar-refractivity contribution in [1.29, 1.82) is 0 Å². The Bertz CT molecular complexity index is 190. The molecule has 1 heterocycles. The zero-order valence-corrected chi connectivity index (χ0v) is 10.0. The van der Waals surface area contributed by atoms with Crippen LogP contribution >= 0.6 is 0 Å². The standard InChI is InChI=1S/C11H20O6/c1-2-5-11(6-3-1)16-14-9-12-7-4-8-13-10-15-17-11/h1-10H2. The molecule has 0 aromatic rings. The zero-order valence-electron chi connectivity index (χ0n) is 10.0. The van der Waals surface area contributed by atoms with E-state index in [9.17, 15) is 0 Å². The van der Waals surface area contributed by atoms with Crippen molar-refractivity contribution in [3.63, 3.8) is 0 Å². The van der Waals surface area contributed by atoms with Gasteiger partial charge in [-0.25, -0.2) is 9.78 Å². The topological polar surface area (TPSA) is 55.4 Å². The summed E-state index contributed by atoms with van der Waals surface area (Å²) < 4.78 is 10.4. The summed E-state index contributed by atoms with van der Waals surface area (Å²) in [6.07, 6.45) is 5.56. The summed E-state index contributed by atoms with van der Waals surface area (Å²) in [7, 11) is 0. The maximum atomic E-state index is 5.32. The van der Waals surface area contributed by atoms with Crippen LogP contribution in [0.25, 0.3) is 0 Å². The Hall–Kier alpha value is -0.240. The van der Waals surface area contributed by atoms with Crippen molar-refractivity contribution < 1.29 is 29.0 Å². The monoisotopic (exact) mass is 248 g/mol. The molecule has 1 aliphatic heterocycles. The van der Waals surface area contributed by atoms with Crippen LogP contribution in [0.15, 0.2) is 0 Å². The van der Waals surface area contributed by atoms with Gasteiger partial charge in [-0.3, -0.25) is 0 Å². The molecule has 1 spiro atoms. The van der Waals surface area contributed by atoms with Crippen LogP contribution in [0.4, 0.5) is 0 Å². The predicted octanol–water partition coefficient (Wildman–Crippen LogP) is 1.90. The fraction of sp³-hybridized carbons (Fsp3) is 1.00. The summed E-state index contributed by atoms with van der Waals surface area (Å²) in [5.74, 6) is -0.801. The molecule has 2 rings (SSSR count). The van der Waals surface area contributed by atoms with Gasteiger partial charge in [0.05, 0.1) is 13.2 Å². The molecule has 0 radical (unpaired) electrons. The normalized spacial score (nSPS) is 28.2. The first-order chi connectivity index (χ1) is 8.41. The highest BCUT2D eigenvalue weighted by atomic mass is 17.3. The van der Waals surface area contributed by atoms with Gasteiger partial charge >= 0.3 is 0 Å². The molecule has 1 saturated heterocycles. The number of rotatable bonds is 0. The lowest BCUT2D eigenvalue weighted by Gasteiger charge is -2.33. The Morgan fingerprint density at radius 1 is 0.647 bits per heavy atom. The van der Waals surface area contributed by atoms with E-state index in [4.69, 9.17) is 29.0 Å². The molecule has 2 fully saturated rings. The van der Waals surface area contributed by atoms with Gasteiger partial charge in [-0.05, 0) is 19.3 Å². The minimum Gasteiger partial charge on any atom is -0.352 e. The van der Waals surface area contributed by atoms with Gasteiger partial charge < -0.3 is 9.47 Å². The first kappa shape index (κ1) is 13.2. The quantitative estimate of drug-likeness (QED) is 0.610. The van der Waals surface area contributed by atoms with Gasteiger partial charge in [0.15, 0.2) is 13.6 Å². The molecule has 0 unspecified atom stereocenters. The second-order valence-corrected chi connectivity index (χ2v) is 4.28. The van der Waals surface area contributed by atoms with E-state index in [1.165, 1.54) is 6.42 Å². The van der Waals surface area contributed by atoms with Crippen LogP contribution in [0.3, 0.4) is 0 Å². The third-order valence-electron chi connectivity index (χ3n) is 2.88. The maximum Gasteiger partial charge on any atom is 0.234 e. The van der Waals surface area contributed by atoms with Gasteiger partial charge in [-0.2, -0.15) is 9.78 Å². The van der Waals surface area contributed by atoms with Crippen molar-refractivity contribution in [2.75, 3.05) is 26.8 Å². The first-order valence-electron chi connectivity index (χ1n) is 6.18. The highest BCUT2D eigenvalue weighted by molar-refractivity contribution is 4.72. The van der Waals surface area contributed by atoms with Gasteiger partial charge in [0.2, 0.25) is 5.79 Å². The molecule has 0 amide bonds. The molecule has 0 N–H and O–H groups in total. The van der Waals surface area contributed by atoms with Crippen LogP contribution < -0.4 is 0 Å². The Balaban J connectivity index is 1.83. The molecule has 6 heteroatoms. The Morgan fingerprint density at radius 3 is 1.82 bits per heavy atom. The van der Waals surface area contributed by atoms with Gasteiger partial charge in [0.25, 0.3) is 0 Å². The second kappa shape index (κ2) is 7.25. The van der Waals surface area contributed by atoms with Crippen molar-refractivity contribution in [2.24, 2.45) is 0 Å².